The van der Waals surface area contributed by atoms with Gasteiger partial charge in [0.15, 0.2) is 5.69 Å². The van der Waals surface area contributed by atoms with E-state index in [0.29, 0.717) is 5.02 Å². The van der Waals surface area contributed by atoms with E-state index >= 15 is 0 Å². The van der Waals surface area contributed by atoms with E-state index in [0.717, 1.165) is 5.56 Å². The molecule has 6 nitrogen and oxygen atoms in total. The zero-order valence-corrected chi connectivity index (χ0v) is 13.5. The fourth-order valence-corrected chi connectivity index (χ4v) is 1.95. The molecule has 7 heteroatoms. The van der Waals surface area contributed by atoms with Crippen molar-refractivity contribution in [2.45, 2.75) is 0 Å². The molecule has 0 aliphatic rings. The Hall–Kier alpha value is -2.86. The Morgan fingerprint density at radius 3 is 2.54 bits per heavy atom. The van der Waals surface area contributed by atoms with Gasteiger partial charge in [0.1, 0.15) is 5.75 Å². The standard InChI is InChI=1S/C17H16ClN3O3/c18-13-6-3-12(4-7-13)5-8-15(23)19-10-11-21-17(24)16-14(22)2-1-9-20-16/h1-9,22H,10-11H2,(H,19,23)(H,21,24)/b8-5+. The zero-order chi connectivity index (χ0) is 17.4. The zero-order valence-electron chi connectivity index (χ0n) is 12.7. The van der Waals surface area contributed by atoms with Crippen LogP contribution in [0.1, 0.15) is 16.1 Å². The van der Waals surface area contributed by atoms with Gasteiger partial charge in [-0.1, -0.05) is 23.7 Å². The van der Waals surface area contributed by atoms with E-state index in [4.69, 9.17) is 11.6 Å². The van der Waals surface area contributed by atoms with E-state index in [1.165, 1.54) is 24.4 Å². The molecule has 1 heterocycles. The highest BCUT2D eigenvalue weighted by Crippen LogP contribution is 2.12. The minimum Gasteiger partial charge on any atom is -0.505 e. The maximum atomic E-state index is 11.8. The van der Waals surface area contributed by atoms with Crippen LogP contribution in [-0.4, -0.2) is 35.0 Å². The number of hydrogen-bond acceptors (Lipinski definition) is 4. The number of aromatic hydroxyl groups is 1. The molecular weight excluding hydrogens is 330 g/mol. The van der Waals surface area contributed by atoms with E-state index in [1.54, 1.807) is 30.3 Å². The summed E-state index contributed by atoms with van der Waals surface area (Å²) in [6.45, 7) is 0.471. The maximum absolute atomic E-state index is 11.8. The molecule has 0 unspecified atom stereocenters. The highest BCUT2D eigenvalue weighted by Gasteiger charge is 2.10. The first kappa shape index (κ1) is 17.5. The third-order valence-corrected chi connectivity index (χ3v) is 3.26. The molecule has 0 radical (unpaired) electrons. The number of aromatic nitrogens is 1. The van der Waals surface area contributed by atoms with Crippen LogP contribution in [-0.2, 0) is 4.79 Å². The number of halogens is 1. The number of nitrogens with zero attached hydrogens (tertiary/aromatic N) is 1. The fraction of sp³-hybridized carbons (Fsp3) is 0.118. The topological polar surface area (TPSA) is 91.3 Å². The highest BCUT2D eigenvalue weighted by atomic mass is 35.5. The first-order valence-electron chi connectivity index (χ1n) is 7.20. The number of amides is 2. The first-order valence-corrected chi connectivity index (χ1v) is 7.58. The van der Waals surface area contributed by atoms with Crippen LogP contribution in [0.4, 0.5) is 0 Å². The Labute approximate surface area is 144 Å². The van der Waals surface area contributed by atoms with Gasteiger partial charge in [0.05, 0.1) is 0 Å². The molecule has 3 N–H and O–H groups in total. The van der Waals surface area contributed by atoms with Gasteiger partial charge in [0, 0.05) is 30.4 Å². The molecule has 0 spiro atoms. The SMILES string of the molecule is O=C(/C=C/c1ccc(Cl)cc1)NCCNC(=O)c1ncccc1O. The van der Waals surface area contributed by atoms with E-state index in [1.807, 2.05) is 0 Å². The minimum absolute atomic E-state index is 0.0496. The Kier molecular flexibility index (Phi) is 6.33. The summed E-state index contributed by atoms with van der Waals surface area (Å²) in [5.74, 6) is -0.969. The van der Waals surface area contributed by atoms with Crippen LogP contribution in [0.5, 0.6) is 5.75 Å². The average Bonchev–Trinajstić information content (AvgIpc) is 2.58. The van der Waals surface area contributed by atoms with Gasteiger partial charge in [0.2, 0.25) is 5.91 Å². The second kappa shape index (κ2) is 8.69. The maximum Gasteiger partial charge on any atom is 0.273 e. The minimum atomic E-state index is -0.501. The molecule has 1 aromatic heterocycles. The van der Waals surface area contributed by atoms with Gasteiger partial charge in [0.25, 0.3) is 5.91 Å². The number of rotatable bonds is 6. The molecule has 0 atom stereocenters. The Morgan fingerprint density at radius 2 is 1.83 bits per heavy atom. The summed E-state index contributed by atoms with van der Waals surface area (Å²) in [4.78, 5) is 27.2. The largest absolute Gasteiger partial charge is 0.505 e. The van der Waals surface area contributed by atoms with E-state index in [2.05, 4.69) is 15.6 Å². The van der Waals surface area contributed by atoms with E-state index in [-0.39, 0.29) is 30.4 Å². The lowest BCUT2D eigenvalue weighted by molar-refractivity contribution is -0.116. The van der Waals surface area contributed by atoms with Crippen LogP contribution >= 0.6 is 11.6 Å². The van der Waals surface area contributed by atoms with Crippen molar-refractivity contribution in [3.8, 4) is 5.75 Å². The van der Waals surface area contributed by atoms with Gasteiger partial charge in [-0.05, 0) is 35.9 Å². The van der Waals surface area contributed by atoms with Crippen LogP contribution in [0.15, 0.2) is 48.7 Å². The molecule has 0 bridgehead atoms. The average molecular weight is 346 g/mol. The summed E-state index contributed by atoms with van der Waals surface area (Å²) in [5, 5.41) is 15.3. The third kappa shape index (κ3) is 5.40. The summed E-state index contributed by atoms with van der Waals surface area (Å²) in [6, 6.07) is 9.98. The van der Waals surface area contributed by atoms with Crippen LogP contribution in [0.2, 0.25) is 5.02 Å². The Bertz CT molecular complexity index is 745. The lowest BCUT2D eigenvalue weighted by Gasteiger charge is -2.06. The summed E-state index contributed by atoms with van der Waals surface area (Å²) < 4.78 is 0. The van der Waals surface area contributed by atoms with Gasteiger partial charge < -0.3 is 15.7 Å². The second-order valence-electron chi connectivity index (χ2n) is 4.80. The van der Waals surface area contributed by atoms with Gasteiger partial charge in [-0.2, -0.15) is 0 Å². The molecule has 0 aliphatic heterocycles. The lowest BCUT2D eigenvalue weighted by atomic mass is 10.2. The van der Waals surface area contributed by atoms with Gasteiger partial charge in [-0.3, -0.25) is 9.59 Å². The predicted octanol–water partition coefficient (Wildman–Crippen LogP) is 2.00. The van der Waals surface area contributed by atoms with Crippen molar-refractivity contribution in [1.82, 2.24) is 15.6 Å². The fourth-order valence-electron chi connectivity index (χ4n) is 1.82. The van der Waals surface area contributed by atoms with Crippen molar-refractivity contribution in [2.24, 2.45) is 0 Å². The molecule has 0 saturated heterocycles. The monoisotopic (exact) mass is 345 g/mol. The number of carbonyl (C=O) groups excluding carboxylic acids is 2. The van der Waals surface area contributed by atoms with E-state index in [9.17, 15) is 14.7 Å². The number of hydrogen-bond donors (Lipinski definition) is 3. The van der Waals surface area contributed by atoms with Crippen molar-refractivity contribution >= 4 is 29.5 Å². The summed E-state index contributed by atoms with van der Waals surface area (Å²) in [6.07, 6.45) is 4.48. The Morgan fingerprint density at radius 1 is 1.12 bits per heavy atom. The van der Waals surface area contributed by atoms with Crippen LogP contribution in [0.25, 0.3) is 6.08 Å². The third-order valence-electron chi connectivity index (χ3n) is 3.01. The summed E-state index contributed by atoms with van der Waals surface area (Å²) >= 11 is 5.78. The predicted molar refractivity (Wildman–Crippen MR) is 91.7 cm³/mol. The lowest BCUT2D eigenvalue weighted by Crippen LogP contribution is -2.34. The number of carbonyl (C=O) groups is 2. The van der Waals surface area contributed by atoms with Crippen molar-refractivity contribution in [3.63, 3.8) is 0 Å². The van der Waals surface area contributed by atoms with Crippen molar-refractivity contribution in [3.05, 3.63) is 65.0 Å². The summed E-state index contributed by atoms with van der Waals surface area (Å²) in [7, 11) is 0. The molecule has 0 aliphatic carbocycles. The molecule has 0 fully saturated rings. The highest BCUT2D eigenvalue weighted by molar-refractivity contribution is 6.30. The van der Waals surface area contributed by atoms with Gasteiger partial charge >= 0.3 is 0 Å². The normalized spacial score (nSPS) is 10.5. The van der Waals surface area contributed by atoms with Gasteiger partial charge in [-0.15, -0.1) is 0 Å². The number of nitrogens with one attached hydrogen (secondary N) is 2. The molecular formula is C17H16ClN3O3. The van der Waals surface area contributed by atoms with Crippen molar-refractivity contribution < 1.29 is 14.7 Å². The second-order valence-corrected chi connectivity index (χ2v) is 5.24. The molecule has 2 aromatic rings. The summed E-state index contributed by atoms with van der Waals surface area (Å²) in [5.41, 5.74) is 0.806. The van der Waals surface area contributed by atoms with E-state index < -0.39 is 5.91 Å². The van der Waals surface area contributed by atoms with Crippen LogP contribution < -0.4 is 10.6 Å². The first-order chi connectivity index (χ1) is 11.6. The quantitative estimate of drug-likeness (QED) is 0.551. The number of benzene rings is 1. The van der Waals surface area contributed by atoms with Crippen LogP contribution in [0.3, 0.4) is 0 Å². The molecule has 2 rings (SSSR count). The molecule has 24 heavy (non-hydrogen) atoms. The Balaban J connectivity index is 1.72. The molecule has 0 saturated carbocycles. The van der Waals surface area contributed by atoms with Gasteiger partial charge in [-0.25, -0.2) is 4.98 Å². The molecule has 1 aromatic carbocycles. The molecule has 2 amide bonds. The van der Waals surface area contributed by atoms with Crippen LogP contribution in [0, 0.1) is 0 Å². The molecule has 124 valence electrons. The van der Waals surface area contributed by atoms with Crippen molar-refractivity contribution in [1.29, 1.82) is 0 Å². The van der Waals surface area contributed by atoms with Crippen molar-refractivity contribution in [2.75, 3.05) is 13.1 Å². The number of pyridine rings is 1. The smallest absolute Gasteiger partial charge is 0.273 e.